The zero-order valence-electron chi connectivity index (χ0n) is 31.6. The number of piperazine rings is 1. The summed E-state index contributed by atoms with van der Waals surface area (Å²) in [5, 5.41) is 15.7. The summed E-state index contributed by atoms with van der Waals surface area (Å²) in [7, 11) is 0. The number of aliphatic hydroxyl groups is 1. The maximum absolute atomic E-state index is 14.6. The van der Waals surface area contributed by atoms with E-state index in [-0.39, 0.29) is 48.3 Å². The molecular weight excluding hydrogens is 653 g/mol. The molecule has 6 rings (SSSR count). The summed E-state index contributed by atoms with van der Waals surface area (Å²) in [6.45, 7) is 21.6. The minimum atomic E-state index is -1.28. The van der Waals surface area contributed by atoms with E-state index >= 15 is 0 Å². The molecule has 2 saturated heterocycles. The minimum absolute atomic E-state index is 0.0466. The molecule has 3 aliphatic rings. The van der Waals surface area contributed by atoms with Gasteiger partial charge in [0.05, 0.1) is 31.1 Å². The second kappa shape index (κ2) is 13.7. The lowest BCUT2D eigenvalue weighted by atomic mass is 9.90. The summed E-state index contributed by atoms with van der Waals surface area (Å²) in [6.07, 6.45) is 0.0974. The summed E-state index contributed by atoms with van der Waals surface area (Å²) in [5.74, 6) is -0.0747. The fraction of sp³-hybridized carbons (Fsp3) is 0.632. The van der Waals surface area contributed by atoms with Gasteiger partial charge in [-0.05, 0) is 72.2 Å². The molecule has 1 aromatic carbocycles. The van der Waals surface area contributed by atoms with Crippen LogP contribution in [-0.2, 0) is 31.7 Å². The van der Waals surface area contributed by atoms with Crippen LogP contribution in [0.25, 0.3) is 5.65 Å². The van der Waals surface area contributed by atoms with Crippen LogP contribution in [0.4, 0.5) is 14.9 Å². The Bertz CT molecular complexity index is 1760. The van der Waals surface area contributed by atoms with Gasteiger partial charge >= 0.3 is 6.09 Å². The lowest BCUT2D eigenvalue weighted by molar-refractivity contribution is -0.121. The molecule has 0 saturated carbocycles. The van der Waals surface area contributed by atoms with Crippen LogP contribution in [0.5, 0.6) is 0 Å². The average molecular weight is 708 g/mol. The van der Waals surface area contributed by atoms with Gasteiger partial charge in [0.15, 0.2) is 11.5 Å². The van der Waals surface area contributed by atoms with Crippen molar-refractivity contribution in [3.63, 3.8) is 0 Å². The van der Waals surface area contributed by atoms with Crippen LogP contribution in [0.1, 0.15) is 85.0 Å². The first-order valence-electron chi connectivity index (χ1n) is 18.1. The van der Waals surface area contributed by atoms with E-state index in [1.165, 1.54) is 12.1 Å². The van der Waals surface area contributed by atoms with Crippen molar-refractivity contribution in [3.8, 4) is 0 Å². The fourth-order valence-electron chi connectivity index (χ4n) is 7.52. The predicted molar refractivity (Wildman–Crippen MR) is 192 cm³/mol. The number of rotatable bonds is 7. The number of halogens is 1. The monoisotopic (exact) mass is 707 g/mol. The first-order valence-corrected chi connectivity index (χ1v) is 18.1. The predicted octanol–water partition coefficient (Wildman–Crippen LogP) is 4.34. The molecule has 2 aromatic heterocycles. The van der Waals surface area contributed by atoms with Crippen molar-refractivity contribution in [1.82, 2.24) is 29.3 Å². The second-order valence-corrected chi connectivity index (χ2v) is 16.8. The number of benzene rings is 1. The van der Waals surface area contributed by atoms with Gasteiger partial charge in [0.1, 0.15) is 17.0 Å². The van der Waals surface area contributed by atoms with Crippen molar-refractivity contribution in [1.29, 1.82) is 0 Å². The Morgan fingerprint density at radius 2 is 1.76 bits per heavy atom. The molecule has 2 amide bonds. The van der Waals surface area contributed by atoms with Gasteiger partial charge in [0.25, 0.3) is 0 Å². The molecule has 3 aromatic rings. The van der Waals surface area contributed by atoms with Gasteiger partial charge in [0.2, 0.25) is 5.91 Å². The molecule has 51 heavy (non-hydrogen) atoms. The van der Waals surface area contributed by atoms with Crippen LogP contribution in [0, 0.1) is 5.82 Å². The summed E-state index contributed by atoms with van der Waals surface area (Å²) < 4.78 is 27.1. The van der Waals surface area contributed by atoms with E-state index in [2.05, 4.69) is 30.6 Å². The Kier molecular flexibility index (Phi) is 9.99. The molecule has 1 N–H and O–H groups in total. The van der Waals surface area contributed by atoms with Crippen LogP contribution >= 0.6 is 0 Å². The highest BCUT2D eigenvalue weighted by Crippen LogP contribution is 2.42. The maximum atomic E-state index is 14.6. The Morgan fingerprint density at radius 1 is 1.06 bits per heavy atom. The van der Waals surface area contributed by atoms with Crippen LogP contribution in [0.2, 0.25) is 0 Å². The number of carbonyl (C=O) groups is 2. The first-order chi connectivity index (χ1) is 23.8. The highest BCUT2D eigenvalue weighted by Gasteiger charge is 2.44. The summed E-state index contributed by atoms with van der Waals surface area (Å²) in [6, 6.07) is 8.32. The molecule has 0 spiro atoms. The largest absolute Gasteiger partial charge is 0.444 e. The smallest absolute Gasteiger partial charge is 0.410 e. The number of amides is 2. The Labute approximate surface area is 300 Å². The molecule has 3 aliphatic heterocycles. The van der Waals surface area contributed by atoms with Crippen LogP contribution in [0.3, 0.4) is 0 Å². The number of hydrogen-bond donors (Lipinski definition) is 1. The van der Waals surface area contributed by atoms with Gasteiger partial charge in [-0.3, -0.25) is 14.6 Å². The molecule has 3 atom stereocenters. The fourth-order valence-corrected chi connectivity index (χ4v) is 7.52. The van der Waals surface area contributed by atoms with Gasteiger partial charge in [0, 0.05) is 68.2 Å². The number of ether oxygens (including phenoxy) is 2. The summed E-state index contributed by atoms with van der Waals surface area (Å²) >= 11 is 0. The maximum Gasteiger partial charge on any atom is 0.410 e. The van der Waals surface area contributed by atoms with Crippen molar-refractivity contribution in [2.75, 3.05) is 57.4 Å². The molecule has 0 unspecified atom stereocenters. The van der Waals surface area contributed by atoms with Gasteiger partial charge in [-0.1, -0.05) is 26.0 Å². The lowest BCUT2D eigenvalue weighted by Crippen LogP contribution is -2.64. The zero-order chi connectivity index (χ0) is 37.0. The number of pyridine rings is 1. The molecule has 0 bridgehead atoms. The third-order valence-corrected chi connectivity index (χ3v) is 10.2. The third-order valence-electron chi connectivity index (χ3n) is 10.2. The van der Waals surface area contributed by atoms with Gasteiger partial charge < -0.3 is 24.4 Å². The van der Waals surface area contributed by atoms with Crippen LogP contribution in [0.15, 0.2) is 30.3 Å². The topological polar surface area (TPSA) is 116 Å². The molecule has 0 aliphatic carbocycles. The van der Waals surface area contributed by atoms with E-state index in [0.29, 0.717) is 51.5 Å². The normalized spacial score (nSPS) is 23.2. The van der Waals surface area contributed by atoms with Crippen molar-refractivity contribution in [3.05, 3.63) is 58.8 Å². The molecular formula is C38H54FN7O5. The van der Waals surface area contributed by atoms with Crippen LogP contribution in [-0.4, -0.2) is 123 Å². The average Bonchev–Trinajstić information content (AvgIpc) is 3.59. The van der Waals surface area contributed by atoms with E-state index in [4.69, 9.17) is 19.6 Å². The zero-order valence-corrected chi connectivity index (χ0v) is 31.6. The highest BCUT2D eigenvalue weighted by atomic mass is 19.1. The molecule has 5 heterocycles. The van der Waals surface area contributed by atoms with E-state index in [9.17, 15) is 19.1 Å². The Hall–Kier alpha value is -3.65. The van der Waals surface area contributed by atoms with Gasteiger partial charge in [-0.25, -0.2) is 18.7 Å². The Balaban J connectivity index is 1.34. The number of aromatic nitrogens is 3. The number of nitrogens with zero attached hydrogens (tertiary/aromatic N) is 7. The van der Waals surface area contributed by atoms with Crippen molar-refractivity contribution in [2.45, 2.75) is 103 Å². The van der Waals surface area contributed by atoms with Gasteiger partial charge in [-0.15, -0.1) is 5.10 Å². The highest BCUT2D eigenvalue weighted by molar-refractivity contribution is 5.98. The molecule has 13 heteroatoms. The molecule has 2 fully saturated rings. The van der Waals surface area contributed by atoms with E-state index in [1.54, 1.807) is 35.4 Å². The quantitative estimate of drug-likeness (QED) is 0.383. The van der Waals surface area contributed by atoms with Crippen molar-refractivity contribution >= 4 is 23.3 Å². The SMILES string of the molecule is C[C@@H]1COCCN1C[C@H]1CN(C(=O)OC(C)(C)C)[C@H](C)CN1CC(=O)N1CC(C)(C)c2c1cc(Cc1ccc(F)cc1)c1nc(C(C)(C)O)nn21. The lowest BCUT2D eigenvalue weighted by Gasteiger charge is -2.47. The van der Waals surface area contributed by atoms with E-state index in [1.807, 2.05) is 38.7 Å². The summed E-state index contributed by atoms with van der Waals surface area (Å²) in [4.78, 5) is 41.0. The number of anilines is 1. The van der Waals surface area contributed by atoms with Crippen LogP contribution < -0.4 is 4.90 Å². The van der Waals surface area contributed by atoms with E-state index < -0.39 is 16.6 Å². The number of morpholine rings is 1. The first kappa shape index (κ1) is 37.1. The van der Waals surface area contributed by atoms with Crippen molar-refractivity contribution < 1.29 is 28.6 Å². The third kappa shape index (κ3) is 7.91. The molecule has 0 radical (unpaired) electrons. The van der Waals surface area contributed by atoms with E-state index in [0.717, 1.165) is 29.1 Å². The minimum Gasteiger partial charge on any atom is -0.444 e. The number of carbonyl (C=O) groups excluding carboxylic acids is 2. The van der Waals surface area contributed by atoms with Gasteiger partial charge in [-0.2, -0.15) is 0 Å². The number of fused-ring (bicyclic) bond motifs is 3. The van der Waals surface area contributed by atoms with Crippen molar-refractivity contribution in [2.24, 2.45) is 0 Å². The second-order valence-electron chi connectivity index (χ2n) is 16.8. The molecule has 278 valence electrons. The Morgan fingerprint density at radius 3 is 2.41 bits per heavy atom. The summed E-state index contributed by atoms with van der Waals surface area (Å²) in [5.41, 5.74) is 1.52. The molecule has 12 nitrogen and oxygen atoms in total. The standard InChI is InChI=1S/C38H54FN7O5/c1-24-18-43(29(19-42-14-15-50-22-25(42)2)20-44(24)35(48)51-36(3,4)5)21-31(47)45-23-37(6,7)32-30(45)17-27(16-26-10-12-28(39)13-11-26)33-40-34(38(8,9)49)41-46(32)33/h10-13,17,24-25,29,49H,14-16,18-23H2,1-9H3/t24-,25-,29+/m1/s1. The number of hydrogen-bond acceptors (Lipinski definition) is 9.